The second-order valence-corrected chi connectivity index (χ2v) is 3.15. The third-order valence-electron chi connectivity index (χ3n) is 2.13. The van der Waals surface area contributed by atoms with Gasteiger partial charge in [0.2, 0.25) is 0 Å². The number of pyridine rings is 1. The molecule has 0 fully saturated rings. The molecule has 0 amide bonds. The summed E-state index contributed by atoms with van der Waals surface area (Å²) in [6, 6.07) is 10.8. The normalized spacial score (nSPS) is 9.25. The minimum absolute atomic E-state index is 0.189. The topological polar surface area (TPSA) is 12.9 Å². The number of aryl methyl sites for hydroxylation is 1. The van der Waals surface area contributed by atoms with E-state index in [1.54, 1.807) is 31.3 Å². The Morgan fingerprint density at radius 3 is 2.38 bits per heavy atom. The summed E-state index contributed by atoms with van der Waals surface area (Å²) in [4.78, 5) is 4.11. The van der Waals surface area contributed by atoms with Crippen LogP contribution in [-0.2, 0) is 0 Å². The van der Waals surface area contributed by atoms with Crippen molar-refractivity contribution < 1.29 is 4.39 Å². The van der Waals surface area contributed by atoms with Gasteiger partial charge in [-0.1, -0.05) is 32.0 Å². The molecule has 2 heteroatoms. The Balaban J connectivity index is 0.000000606. The van der Waals surface area contributed by atoms with E-state index in [0.29, 0.717) is 16.8 Å². The Morgan fingerprint density at radius 2 is 1.75 bits per heavy atom. The second kappa shape index (κ2) is 6.01. The lowest BCUT2D eigenvalue weighted by molar-refractivity contribution is 0.621. The molecule has 0 N–H and O–H groups in total. The Hall–Kier alpha value is -1.70. The zero-order valence-electron chi connectivity index (χ0n) is 9.87. The molecular weight excluding hydrogens is 201 g/mol. The van der Waals surface area contributed by atoms with Gasteiger partial charge < -0.3 is 0 Å². The van der Waals surface area contributed by atoms with Crippen molar-refractivity contribution in [3.8, 4) is 11.3 Å². The van der Waals surface area contributed by atoms with Gasteiger partial charge in [0.05, 0.1) is 5.69 Å². The van der Waals surface area contributed by atoms with Crippen LogP contribution in [0.25, 0.3) is 11.3 Å². The summed E-state index contributed by atoms with van der Waals surface area (Å²) in [6.07, 6.45) is 1.66. The first-order chi connectivity index (χ1) is 7.79. The van der Waals surface area contributed by atoms with E-state index in [9.17, 15) is 4.39 Å². The standard InChI is InChI=1S/C12H10FN.C2H6/c1-9-5-4-6-10(12(9)13)11-7-2-3-8-14-11;1-2/h2-8H,1H3;1-2H3. The minimum atomic E-state index is -0.189. The number of aromatic nitrogens is 1. The van der Waals surface area contributed by atoms with Crippen molar-refractivity contribution in [1.29, 1.82) is 0 Å². The van der Waals surface area contributed by atoms with Gasteiger partial charge in [0.15, 0.2) is 0 Å². The molecule has 1 heterocycles. The van der Waals surface area contributed by atoms with E-state index in [4.69, 9.17) is 0 Å². The van der Waals surface area contributed by atoms with Crippen LogP contribution in [0.4, 0.5) is 4.39 Å². The Morgan fingerprint density at radius 1 is 1.00 bits per heavy atom. The van der Waals surface area contributed by atoms with E-state index >= 15 is 0 Å². The molecule has 2 rings (SSSR count). The zero-order chi connectivity index (χ0) is 12.0. The number of benzene rings is 1. The third kappa shape index (κ3) is 2.66. The van der Waals surface area contributed by atoms with Crippen molar-refractivity contribution in [3.05, 3.63) is 54.0 Å². The SMILES string of the molecule is CC.Cc1cccc(-c2ccccn2)c1F. The summed E-state index contributed by atoms with van der Waals surface area (Å²) in [5.41, 5.74) is 1.88. The summed E-state index contributed by atoms with van der Waals surface area (Å²) in [5, 5.41) is 0. The smallest absolute Gasteiger partial charge is 0.135 e. The molecule has 0 aliphatic heterocycles. The lowest BCUT2D eigenvalue weighted by atomic mass is 10.1. The lowest BCUT2D eigenvalue weighted by Gasteiger charge is -2.03. The zero-order valence-corrected chi connectivity index (χ0v) is 9.87. The van der Waals surface area contributed by atoms with Crippen molar-refractivity contribution in [2.24, 2.45) is 0 Å². The highest BCUT2D eigenvalue weighted by atomic mass is 19.1. The summed E-state index contributed by atoms with van der Waals surface area (Å²) in [7, 11) is 0. The van der Waals surface area contributed by atoms with Crippen LogP contribution in [0.5, 0.6) is 0 Å². The van der Waals surface area contributed by atoms with Crippen molar-refractivity contribution in [2.75, 3.05) is 0 Å². The highest BCUT2D eigenvalue weighted by molar-refractivity contribution is 5.60. The maximum atomic E-state index is 13.6. The summed E-state index contributed by atoms with van der Waals surface area (Å²) in [6.45, 7) is 5.75. The van der Waals surface area contributed by atoms with Gasteiger partial charge in [-0.2, -0.15) is 0 Å². The van der Waals surface area contributed by atoms with Gasteiger partial charge in [0.1, 0.15) is 5.82 Å². The molecular formula is C14H16FN. The fourth-order valence-electron chi connectivity index (χ4n) is 1.37. The van der Waals surface area contributed by atoms with Crippen molar-refractivity contribution in [1.82, 2.24) is 4.98 Å². The first-order valence-corrected chi connectivity index (χ1v) is 5.45. The number of hydrogen-bond acceptors (Lipinski definition) is 1. The lowest BCUT2D eigenvalue weighted by Crippen LogP contribution is -1.89. The fraction of sp³-hybridized carbons (Fsp3) is 0.214. The Kier molecular flexibility index (Phi) is 4.65. The molecule has 0 atom stereocenters. The van der Waals surface area contributed by atoms with Crippen LogP contribution in [0.1, 0.15) is 19.4 Å². The molecule has 0 saturated carbocycles. The predicted octanol–water partition coefficient (Wildman–Crippen LogP) is 4.22. The van der Waals surface area contributed by atoms with Crippen LogP contribution in [-0.4, -0.2) is 4.98 Å². The average Bonchev–Trinajstić information content (AvgIpc) is 2.36. The third-order valence-corrected chi connectivity index (χ3v) is 2.13. The second-order valence-electron chi connectivity index (χ2n) is 3.15. The minimum Gasteiger partial charge on any atom is -0.256 e. The van der Waals surface area contributed by atoms with E-state index in [0.717, 1.165) is 0 Å². The molecule has 1 aromatic carbocycles. The van der Waals surface area contributed by atoms with Crippen LogP contribution < -0.4 is 0 Å². The molecule has 1 nitrogen and oxygen atoms in total. The molecule has 0 spiro atoms. The van der Waals surface area contributed by atoms with Gasteiger partial charge in [0.25, 0.3) is 0 Å². The quantitative estimate of drug-likeness (QED) is 0.696. The molecule has 0 unspecified atom stereocenters. The number of halogens is 1. The van der Waals surface area contributed by atoms with Gasteiger partial charge in [0, 0.05) is 11.8 Å². The number of nitrogens with zero attached hydrogens (tertiary/aromatic N) is 1. The van der Waals surface area contributed by atoms with Gasteiger partial charge in [-0.05, 0) is 30.7 Å². The van der Waals surface area contributed by atoms with Crippen LogP contribution in [0.3, 0.4) is 0 Å². The molecule has 2 aromatic rings. The number of hydrogen-bond donors (Lipinski definition) is 0. The maximum absolute atomic E-state index is 13.6. The highest BCUT2D eigenvalue weighted by Gasteiger charge is 2.06. The maximum Gasteiger partial charge on any atom is 0.135 e. The van der Waals surface area contributed by atoms with Gasteiger partial charge in [-0.3, -0.25) is 4.98 Å². The van der Waals surface area contributed by atoms with E-state index in [1.807, 2.05) is 32.0 Å². The first kappa shape index (κ1) is 12.4. The Labute approximate surface area is 96.0 Å². The van der Waals surface area contributed by atoms with E-state index in [2.05, 4.69) is 4.98 Å². The molecule has 0 aliphatic carbocycles. The van der Waals surface area contributed by atoms with Gasteiger partial charge in [-0.25, -0.2) is 4.39 Å². The Bertz CT molecular complexity index is 438. The van der Waals surface area contributed by atoms with Crippen LogP contribution in [0.15, 0.2) is 42.6 Å². The van der Waals surface area contributed by atoms with Crippen molar-refractivity contribution in [2.45, 2.75) is 20.8 Å². The van der Waals surface area contributed by atoms with Crippen LogP contribution in [0, 0.1) is 12.7 Å². The van der Waals surface area contributed by atoms with Gasteiger partial charge in [-0.15, -0.1) is 0 Å². The fourth-order valence-corrected chi connectivity index (χ4v) is 1.37. The highest BCUT2D eigenvalue weighted by Crippen LogP contribution is 2.22. The first-order valence-electron chi connectivity index (χ1n) is 5.45. The molecule has 1 aromatic heterocycles. The number of rotatable bonds is 1. The largest absolute Gasteiger partial charge is 0.256 e. The molecule has 0 radical (unpaired) electrons. The summed E-state index contributed by atoms with van der Waals surface area (Å²) >= 11 is 0. The van der Waals surface area contributed by atoms with Crippen molar-refractivity contribution >= 4 is 0 Å². The van der Waals surface area contributed by atoms with Gasteiger partial charge >= 0.3 is 0 Å². The predicted molar refractivity (Wildman–Crippen MR) is 65.7 cm³/mol. The molecule has 16 heavy (non-hydrogen) atoms. The van der Waals surface area contributed by atoms with E-state index in [1.165, 1.54) is 0 Å². The molecule has 0 aliphatic rings. The monoisotopic (exact) mass is 217 g/mol. The van der Waals surface area contributed by atoms with Crippen molar-refractivity contribution in [3.63, 3.8) is 0 Å². The molecule has 0 saturated heterocycles. The van der Waals surface area contributed by atoms with E-state index < -0.39 is 0 Å². The molecule has 0 bridgehead atoms. The average molecular weight is 217 g/mol. The van der Waals surface area contributed by atoms with Crippen LogP contribution in [0.2, 0.25) is 0 Å². The molecule has 84 valence electrons. The summed E-state index contributed by atoms with van der Waals surface area (Å²) < 4.78 is 13.6. The summed E-state index contributed by atoms with van der Waals surface area (Å²) in [5.74, 6) is -0.189. The van der Waals surface area contributed by atoms with E-state index in [-0.39, 0.29) is 5.82 Å². The van der Waals surface area contributed by atoms with Crippen LogP contribution >= 0.6 is 0 Å².